The predicted octanol–water partition coefficient (Wildman–Crippen LogP) is 2.06. The molecule has 1 amide bonds. The number of hydrogen-bond acceptors (Lipinski definition) is 3. The molecule has 1 fully saturated rings. The number of carbonyl (C=O) groups is 1. The second-order valence-electron chi connectivity index (χ2n) is 5.33. The average Bonchev–Trinajstić information content (AvgIpc) is 2.97. The molecule has 20 heavy (non-hydrogen) atoms. The van der Waals surface area contributed by atoms with Gasteiger partial charge in [-0.3, -0.25) is 4.79 Å². The van der Waals surface area contributed by atoms with E-state index in [1.165, 1.54) is 6.42 Å². The largest absolute Gasteiger partial charge is 0.494 e. The maximum atomic E-state index is 12.0. The first-order valence-corrected chi connectivity index (χ1v) is 7.41. The topological polar surface area (TPSA) is 41.6 Å². The van der Waals surface area contributed by atoms with Gasteiger partial charge in [0.2, 0.25) is 5.91 Å². The van der Waals surface area contributed by atoms with Crippen molar-refractivity contribution in [2.45, 2.75) is 31.7 Å². The normalized spacial score (nSPS) is 17.9. The first-order chi connectivity index (χ1) is 9.75. The molecule has 1 aliphatic rings. The molecule has 1 unspecified atom stereocenters. The molecular formula is C16H24N2O2. The van der Waals surface area contributed by atoms with Crippen molar-refractivity contribution in [2.24, 2.45) is 0 Å². The monoisotopic (exact) mass is 276 g/mol. The number of carbonyl (C=O) groups excluding carboxylic acids is 1. The van der Waals surface area contributed by atoms with Crippen molar-refractivity contribution >= 4 is 5.91 Å². The summed E-state index contributed by atoms with van der Waals surface area (Å²) in [6, 6.07) is 10.2. The van der Waals surface area contributed by atoms with Crippen LogP contribution in [-0.4, -0.2) is 43.6 Å². The van der Waals surface area contributed by atoms with E-state index in [2.05, 4.69) is 5.32 Å². The Morgan fingerprint density at radius 1 is 1.40 bits per heavy atom. The van der Waals surface area contributed by atoms with Crippen LogP contribution in [0.2, 0.25) is 0 Å². The molecule has 0 spiro atoms. The predicted molar refractivity (Wildman–Crippen MR) is 79.8 cm³/mol. The minimum Gasteiger partial charge on any atom is -0.494 e. The van der Waals surface area contributed by atoms with Crippen LogP contribution in [0.25, 0.3) is 0 Å². The second-order valence-corrected chi connectivity index (χ2v) is 5.33. The molecule has 0 aromatic heterocycles. The van der Waals surface area contributed by atoms with Crippen molar-refractivity contribution in [3.63, 3.8) is 0 Å². The van der Waals surface area contributed by atoms with Crippen molar-refractivity contribution in [3.8, 4) is 5.75 Å². The third-order valence-electron chi connectivity index (χ3n) is 3.66. The van der Waals surface area contributed by atoms with Crippen LogP contribution >= 0.6 is 0 Å². The summed E-state index contributed by atoms with van der Waals surface area (Å²) in [5.41, 5.74) is 0. The molecule has 0 saturated carbocycles. The highest BCUT2D eigenvalue weighted by Crippen LogP contribution is 2.11. The standard InChI is InChI=1S/C16H24N2O2/c1-18(16(19)13-14-7-5-10-17-14)11-6-12-20-15-8-3-2-4-9-15/h2-4,8-9,14,17H,5-7,10-13H2,1H3. The summed E-state index contributed by atoms with van der Waals surface area (Å²) in [5, 5.41) is 3.36. The fourth-order valence-electron chi connectivity index (χ4n) is 2.43. The van der Waals surface area contributed by atoms with Crippen molar-refractivity contribution in [1.82, 2.24) is 10.2 Å². The maximum absolute atomic E-state index is 12.0. The Labute approximate surface area is 121 Å². The summed E-state index contributed by atoms with van der Waals surface area (Å²) < 4.78 is 5.62. The van der Waals surface area contributed by atoms with Gasteiger partial charge >= 0.3 is 0 Å². The van der Waals surface area contributed by atoms with Crippen LogP contribution in [0.4, 0.5) is 0 Å². The summed E-state index contributed by atoms with van der Waals surface area (Å²) in [4.78, 5) is 13.8. The van der Waals surface area contributed by atoms with Gasteiger partial charge in [0.1, 0.15) is 5.75 Å². The molecule has 0 bridgehead atoms. The van der Waals surface area contributed by atoms with E-state index in [1.807, 2.05) is 42.3 Å². The molecule has 1 N–H and O–H groups in total. The van der Waals surface area contributed by atoms with Crippen LogP contribution in [0.1, 0.15) is 25.7 Å². The molecular weight excluding hydrogens is 252 g/mol. The molecule has 1 saturated heterocycles. The Bertz CT molecular complexity index is 402. The van der Waals surface area contributed by atoms with Gasteiger partial charge in [-0.05, 0) is 37.9 Å². The van der Waals surface area contributed by atoms with E-state index < -0.39 is 0 Å². The fraction of sp³-hybridized carbons (Fsp3) is 0.562. The van der Waals surface area contributed by atoms with E-state index >= 15 is 0 Å². The summed E-state index contributed by atoms with van der Waals surface area (Å²) >= 11 is 0. The highest BCUT2D eigenvalue weighted by Gasteiger charge is 2.19. The van der Waals surface area contributed by atoms with E-state index in [-0.39, 0.29) is 5.91 Å². The number of amides is 1. The minimum atomic E-state index is 0.226. The molecule has 1 heterocycles. The quantitative estimate of drug-likeness (QED) is 0.775. The first kappa shape index (κ1) is 14.9. The molecule has 4 heteroatoms. The molecule has 1 aliphatic heterocycles. The summed E-state index contributed by atoms with van der Waals surface area (Å²) in [5.74, 6) is 1.11. The zero-order valence-electron chi connectivity index (χ0n) is 12.2. The summed E-state index contributed by atoms with van der Waals surface area (Å²) in [7, 11) is 1.87. The van der Waals surface area contributed by atoms with E-state index in [9.17, 15) is 4.79 Å². The minimum absolute atomic E-state index is 0.226. The van der Waals surface area contributed by atoms with Crippen LogP contribution in [-0.2, 0) is 4.79 Å². The molecule has 110 valence electrons. The molecule has 0 radical (unpaired) electrons. The fourth-order valence-corrected chi connectivity index (χ4v) is 2.43. The van der Waals surface area contributed by atoms with Gasteiger partial charge in [0.05, 0.1) is 6.61 Å². The zero-order chi connectivity index (χ0) is 14.2. The van der Waals surface area contributed by atoms with Gasteiger partial charge in [-0.25, -0.2) is 0 Å². The lowest BCUT2D eigenvalue weighted by Gasteiger charge is -2.19. The average molecular weight is 276 g/mol. The Morgan fingerprint density at radius 3 is 2.90 bits per heavy atom. The van der Waals surface area contributed by atoms with Gasteiger partial charge in [-0.1, -0.05) is 18.2 Å². The van der Waals surface area contributed by atoms with Crippen LogP contribution in [0, 0.1) is 0 Å². The van der Waals surface area contributed by atoms with Gasteiger partial charge in [-0.15, -0.1) is 0 Å². The third-order valence-corrected chi connectivity index (χ3v) is 3.66. The molecule has 4 nitrogen and oxygen atoms in total. The smallest absolute Gasteiger partial charge is 0.223 e. The van der Waals surface area contributed by atoms with Gasteiger partial charge < -0.3 is 15.0 Å². The third kappa shape index (κ3) is 4.85. The Hall–Kier alpha value is -1.55. The second kappa shape index (κ2) is 7.90. The van der Waals surface area contributed by atoms with Crippen molar-refractivity contribution in [2.75, 3.05) is 26.7 Å². The van der Waals surface area contributed by atoms with Crippen LogP contribution in [0.5, 0.6) is 5.75 Å². The number of ether oxygens (including phenoxy) is 1. The van der Waals surface area contributed by atoms with Gasteiger partial charge in [0.25, 0.3) is 0 Å². The van der Waals surface area contributed by atoms with Gasteiger partial charge in [0, 0.05) is 26.1 Å². The highest BCUT2D eigenvalue weighted by molar-refractivity contribution is 5.76. The Kier molecular flexibility index (Phi) is 5.87. The maximum Gasteiger partial charge on any atom is 0.223 e. The summed E-state index contributed by atoms with van der Waals surface area (Å²) in [6.45, 7) is 2.44. The number of para-hydroxylation sites is 1. The van der Waals surface area contributed by atoms with Gasteiger partial charge in [-0.2, -0.15) is 0 Å². The number of nitrogens with zero attached hydrogens (tertiary/aromatic N) is 1. The zero-order valence-corrected chi connectivity index (χ0v) is 12.2. The van der Waals surface area contributed by atoms with Crippen molar-refractivity contribution in [1.29, 1.82) is 0 Å². The van der Waals surface area contributed by atoms with E-state index in [4.69, 9.17) is 4.74 Å². The molecule has 0 aliphatic carbocycles. The van der Waals surface area contributed by atoms with Gasteiger partial charge in [0.15, 0.2) is 0 Å². The SMILES string of the molecule is CN(CCCOc1ccccc1)C(=O)CC1CCCN1. The number of hydrogen-bond donors (Lipinski definition) is 1. The Morgan fingerprint density at radius 2 is 2.20 bits per heavy atom. The van der Waals surface area contributed by atoms with Crippen LogP contribution < -0.4 is 10.1 Å². The van der Waals surface area contributed by atoms with Crippen molar-refractivity contribution < 1.29 is 9.53 Å². The summed E-state index contributed by atoms with van der Waals surface area (Å²) in [6.07, 6.45) is 3.79. The lowest BCUT2D eigenvalue weighted by molar-refractivity contribution is -0.130. The van der Waals surface area contributed by atoms with E-state index in [0.29, 0.717) is 19.1 Å². The van der Waals surface area contributed by atoms with E-state index in [0.717, 1.165) is 31.7 Å². The molecule has 1 aromatic rings. The lowest BCUT2D eigenvalue weighted by Crippen LogP contribution is -2.34. The number of rotatable bonds is 7. The van der Waals surface area contributed by atoms with E-state index in [1.54, 1.807) is 0 Å². The highest BCUT2D eigenvalue weighted by atomic mass is 16.5. The van der Waals surface area contributed by atoms with Crippen LogP contribution in [0.15, 0.2) is 30.3 Å². The van der Waals surface area contributed by atoms with Crippen molar-refractivity contribution in [3.05, 3.63) is 30.3 Å². The molecule has 1 atom stereocenters. The number of nitrogens with one attached hydrogen (secondary N) is 1. The van der Waals surface area contributed by atoms with Crippen LogP contribution in [0.3, 0.4) is 0 Å². The first-order valence-electron chi connectivity index (χ1n) is 7.41. The molecule has 2 rings (SSSR count). The lowest BCUT2D eigenvalue weighted by atomic mass is 10.1. The molecule has 1 aromatic carbocycles. The number of benzene rings is 1. The Balaban J connectivity index is 1.59.